The van der Waals surface area contributed by atoms with Gasteiger partial charge in [-0.3, -0.25) is 9.78 Å². The third-order valence-corrected chi connectivity index (χ3v) is 7.19. The molecule has 2 aromatic heterocycles. The minimum Gasteiger partial charge on any atom is -0.396 e. The van der Waals surface area contributed by atoms with Crippen molar-refractivity contribution >= 4 is 22.5 Å². The molecule has 2 aliphatic heterocycles. The van der Waals surface area contributed by atoms with Crippen LogP contribution in [-0.2, 0) is 9.57 Å². The van der Waals surface area contributed by atoms with E-state index in [1.165, 1.54) is 5.69 Å². The molecule has 190 valence electrons. The summed E-state index contributed by atoms with van der Waals surface area (Å²) in [5.74, 6) is 0.369. The quantitative estimate of drug-likeness (QED) is 0.450. The predicted molar refractivity (Wildman–Crippen MR) is 138 cm³/mol. The fourth-order valence-electron chi connectivity index (χ4n) is 5.09. The van der Waals surface area contributed by atoms with E-state index < -0.39 is 6.29 Å². The van der Waals surface area contributed by atoms with Crippen molar-refractivity contribution in [1.29, 1.82) is 0 Å². The molecule has 4 heterocycles. The lowest BCUT2D eigenvalue weighted by Gasteiger charge is -2.33. The monoisotopic (exact) mass is 490 g/mol. The van der Waals surface area contributed by atoms with Crippen LogP contribution in [0.1, 0.15) is 55.3 Å². The molecule has 0 bridgehead atoms. The zero-order valence-corrected chi connectivity index (χ0v) is 20.6. The molecule has 2 N–H and O–H groups in total. The van der Waals surface area contributed by atoms with Crippen LogP contribution >= 0.6 is 0 Å². The molecule has 0 spiro atoms. The highest BCUT2D eigenvalue weighted by Crippen LogP contribution is 2.29. The second-order valence-corrected chi connectivity index (χ2v) is 9.64. The number of ether oxygens (including phenoxy) is 1. The number of carbonyl (C=O) groups excluding carboxylic acids is 1. The van der Waals surface area contributed by atoms with Crippen LogP contribution in [0, 0.1) is 5.92 Å². The first kappa shape index (κ1) is 24.6. The van der Waals surface area contributed by atoms with Crippen LogP contribution in [-0.4, -0.2) is 53.6 Å². The van der Waals surface area contributed by atoms with Gasteiger partial charge in [-0.1, -0.05) is 12.1 Å². The topological polar surface area (TPSA) is 96.8 Å². The molecule has 1 unspecified atom stereocenters. The number of hydroxylamine groups is 1. The van der Waals surface area contributed by atoms with Gasteiger partial charge in [-0.15, -0.1) is 0 Å². The fraction of sp³-hybridized carbons (Fsp3) is 0.464. The Morgan fingerprint density at radius 2 is 1.97 bits per heavy atom. The first-order valence-corrected chi connectivity index (χ1v) is 13.0. The van der Waals surface area contributed by atoms with E-state index in [1.54, 1.807) is 18.5 Å². The average Bonchev–Trinajstić information content (AvgIpc) is 2.95. The van der Waals surface area contributed by atoms with Gasteiger partial charge in [-0.2, -0.15) is 0 Å². The maximum atomic E-state index is 13.1. The fourth-order valence-corrected chi connectivity index (χ4v) is 5.09. The van der Waals surface area contributed by atoms with E-state index in [0.717, 1.165) is 69.3 Å². The van der Waals surface area contributed by atoms with Crippen molar-refractivity contribution in [2.45, 2.75) is 51.2 Å². The summed E-state index contributed by atoms with van der Waals surface area (Å²) in [6.45, 7) is 2.99. The van der Waals surface area contributed by atoms with Crippen LogP contribution in [0.5, 0.6) is 0 Å². The van der Waals surface area contributed by atoms with Gasteiger partial charge in [-0.05, 0) is 68.7 Å². The van der Waals surface area contributed by atoms with Crippen LogP contribution in [0.3, 0.4) is 0 Å². The Labute approximate surface area is 211 Å². The lowest BCUT2D eigenvalue weighted by atomic mass is 9.92. The first-order chi connectivity index (χ1) is 17.7. The number of aliphatic hydroxyl groups excluding tert-OH is 1. The van der Waals surface area contributed by atoms with E-state index in [2.05, 4.69) is 39.6 Å². The van der Waals surface area contributed by atoms with Gasteiger partial charge in [0.05, 0.1) is 16.8 Å². The molecule has 0 aliphatic carbocycles. The number of rotatable bonds is 8. The van der Waals surface area contributed by atoms with Gasteiger partial charge >= 0.3 is 0 Å². The minimum atomic E-state index is -0.416. The number of hydrogen-bond acceptors (Lipinski definition) is 7. The van der Waals surface area contributed by atoms with Crippen molar-refractivity contribution in [3.63, 3.8) is 0 Å². The molecule has 1 atom stereocenters. The van der Waals surface area contributed by atoms with Crippen LogP contribution in [0.2, 0.25) is 0 Å². The van der Waals surface area contributed by atoms with Gasteiger partial charge in [-0.25, -0.2) is 15.3 Å². The largest absolute Gasteiger partial charge is 0.396 e. The second-order valence-electron chi connectivity index (χ2n) is 9.64. The van der Waals surface area contributed by atoms with Crippen LogP contribution in [0.25, 0.3) is 22.2 Å². The summed E-state index contributed by atoms with van der Waals surface area (Å²) in [5.41, 5.74) is 6.60. The highest BCUT2D eigenvalue weighted by atomic mass is 16.8. The minimum absolute atomic E-state index is 0.284. The Balaban J connectivity index is 1.31. The molecule has 0 radical (unpaired) electrons. The van der Waals surface area contributed by atoms with E-state index in [1.807, 2.05) is 6.07 Å². The molecule has 36 heavy (non-hydrogen) atoms. The molecule has 2 fully saturated rings. The number of pyridine rings is 2. The molecule has 2 aliphatic rings. The summed E-state index contributed by atoms with van der Waals surface area (Å²) >= 11 is 0. The van der Waals surface area contributed by atoms with Gasteiger partial charge in [0.1, 0.15) is 0 Å². The lowest BCUT2D eigenvalue weighted by molar-refractivity contribution is -0.186. The molecule has 8 nitrogen and oxygen atoms in total. The van der Waals surface area contributed by atoms with Crippen molar-refractivity contribution < 1.29 is 19.5 Å². The van der Waals surface area contributed by atoms with Crippen molar-refractivity contribution in [2.24, 2.45) is 5.92 Å². The number of aromatic nitrogens is 2. The van der Waals surface area contributed by atoms with Gasteiger partial charge in [0.15, 0.2) is 6.29 Å². The second kappa shape index (κ2) is 11.8. The molecule has 1 amide bonds. The normalized spacial score (nSPS) is 18.9. The Morgan fingerprint density at radius 1 is 1.14 bits per heavy atom. The number of carbonyl (C=O) groups is 1. The molecule has 8 heteroatoms. The maximum Gasteiger partial charge on any atom is 0.275 e. The summed E-state index contributed by atoms with van der Waals surface area (Å²) < 4.78 is 5.55. The highest BCUT2D eigenvalue weighted by molar-refractivity contribution is 6.06. The number of nitrogens with zero attached hydrogens (tertiary/aromatic N) is 3. The van der Waals surface area contributed by atoms with Gasteiger partial charge in [0.25, 0.3) is 5.91 Å². The van der Waals surface area contributed by atoms with Crippen molar-refractivity contribution in [3.05, 3.63) is 54.4 Å². The Hall–Kier alpha value is -3.07. The van der Waals surface area contributed by atoms with Gasteiger partial charge < -0.3 is 14.7 Å². The molecule has 1 aromatic carbocycles. The predicted octanol–water partition coefficient (Wildman–Crippen LogP) is 4.47. The van der Waals surface area contributed by atoms with E-state index in [9.17, 15) is 4.79 Å². The summed E-state index contributed by atoms with van der Waals surface area (Å²) in [7, 11) is 0. The Bertz CT molecular complexity index is 1160. The van der Waals surface area contributed by atoms with E-state index in [0.29, 0.717) is 29.0 Å². The van der Waals surface area contributed by atoms with Crippen LogP contribution in [0.4, 0.5) is 5.69 Å². The van der Waals surface area contributed by atoms with E-state index in [4.69, 9.17) is 19.7 Å². The number of benzene rings is 1. The van der Waals surface area contributed by atoms with Crippen molar-refractivity contribution in [3.8, 4) is 11.3 Å². The number of amides is 1. The number of hydrogen-bond donors (Lipinski definition) is 2. The average molecular weight is 491 g/mol. The first-order valence-electron chi connectivity index (χ1n) is 13.0. The lowest BCUT2D eigenvalue weighted by Crippen LogP contribution is -2.33. The van der Waals surface area contributed by atoms with Gasteiger partial charge in [0, 0.05) is 61.8 Å². The Morgan fingerprint density at radius 3 is 2.72 bits per heavy atom. The Kier molecular flexibility index (Phi) is 8.05. The third-order valence-electron chi connectivity index (χ3n) is 7.19. The maximum absolute atomic E-state index is 13.1. The van der Waals surface area contributed by atoms with E-state index >= 15 is 0 Å². The number of piperidine rings is 1. The SMILES string of the molecule is O=C(NOC1CCCCO1)c1cc(-c2ccc(N3CCC(CCCO)CC3)cc2)nc2ccncc12. The molecule has 0 saturated carbocycles. The number of anilines is 1. The zero-order valence-electron chi connectivity index (χ0n) is 20.6. The summed E-state index contributed by atoms with van der Waals surface area (Å²) in [5, 5.41) is 9.76. The third kappa shape index (κ3) is 5.83. The molecule has 5 rings (SSSR count). The summed E-state index contributed by atoms with van der Waals surface area (Å²) in [6.07, 6.45) is 10.0. The standard InChI is InChI=1S/C28H34N4O4/c33-16-3-4-20-11-14-32(15-12-20)22-8-6-21(7-9-22)26-18-23(24-19-29-13-10-25(24)30-26)28(34)31-36-27-5-1-2-17-35-27/h6-10,13,18-20,27,33H,1-5,11-12,14-17H2,(H,31,34). The molecular weight excluding hydrogens is 456 g/mol. The number of fused-ring (bicyclic) bond motifs is 1. The van der Waals surface area contributed by atoms with E-state index in [-0.39, 0.29) is 12.5 Å². The summed E-state index contributed by atoms with van der Waals surface area (Å²) in [6, 6.07) is 12.0. The van der Waals surface area contributed by atoms with Crippen LogP contribution < -0.4 is 10.4 Å². The van der Waals surface area contributed by atoms with Crippen LogP contribution in [0.15, 0.2) is 48.8 Å². The van der Waals surface area contributed by atoms with Crippen molar-refractivity contribution in [1.82, 2.24) is 15.4 Å². The zero-order chi connectivity index (χ0) is 24.7. The molecule has 3 aromatic rings. The number of nitrogens with one attached hydrogen (secondary N) is 1. The van der Waals surface area contributed by atoms with Gasteiger partial charge in [0.2, 0.25) is 0 Å². The number of aliphatic hydroxyl groups is 1. The molecule has 2 saturated heterocycles. The highest BCUT2D eigenvalue weighted by Gasteiger charge is 2.21. The summed E-state index contributed by atoms with van der Waals surface area (Å²) in [4.78, 5) is 30.0. The molecular formula is C28H34N4O4. The van der Waals surface area contributed by atoms with Crippen molar-refractivity contribution in [2.75, 3.05) is 31.2 Å². The smallest absolute Gasteiger partial charge is 0.275 e.